The Balaban J connectivity index is 1.62. The minimum Gasteiger partial charge on any atom is -0.379 e. The summed E-state index contributed by atoms with van der Waals surface area (Å²) >= 11 is 0. The Bertz CT molecular complexity index is 1260. The molecule has 1 saturated carbocycles. The van der Waals surface area contributed by atoms with Crippen molar-refractivity contribution in [2.45, 2.75) is 84.5 Å². The third-order valence-corrected chi connectivity index (χ3v) is 7.31. The maximum Gasteiger partial charge on any atom is 0.264 e. The number of rotatable bonds is 7. The number of carbonyl (C=O) groups is 1. The number of ether oxygens (including phenoxy) is 2. The van der Waals surface area contributed by atoms with Crippen LogP contribution in [0, 0.1) is 19.8 Å². The molecular formula is C25H36N4O6S. The average Bonchev–Trinajstić information content (AvgIpc) is 3.35. The van der Waals surface area contributed by atoms with Crippen LogP contribution < -0.4 is 5.32 Å². The molecule has 2 fully saturated rings. The highest BCUT2D eigenvalue weighted by Crippen LogP contribution is 2.43. The van der Waals surface area contributed by atoms with Crippen molar-refractivity contribution in [3.8, 4) is 0 Å². The zero-order valence-corrected chi connectivity index (χ0v) is 23.0. The Morgan fingerprint density at radius 3 is 2.53 bits per heavy atom. The lowest BCUT2D eigenvalue weighted by molar-refractivity contribution is -0.158. The number of hydrogen-bond donors (Lipinski definition) is 1. The van der Waals surface area contributed by atoms with Gasteiger partial charge in [-0.3, -0.25) is 18.6 Å². The molecule has 2 aliphatic rings. The molecule has 2 aromatic rings. The van der Waals surface area contributed by atoms with Gasteiger partial charge < -0.3 is 14.8 Å². The molecule has 1 N–H and O–H groups in total. The van der Waals surface area contributed by atoms with Crippen molar-refractivity contribution in [2.75, 3.05) is 18.2 Å². The molecule has 4 rings (SSSR count). The number of aromatic nitrogens is 3. The van der Waals surface area contributed by atoms with Crippen molar-refractivity contribution < 1.29 is 26.9 Å². The van der Waals surface area contributed by atoms with Gasteiger partial charge in [-0.05, 0) is 61.0 Å². The fourth-order valence-electron chi connectivity index (χ4n) is 5.08. The van der Waals surface area contributed by atoms with Gasteiger partial charge in [-0.1, -0.05) is 0 Å². The molecule has 1 saturated heterocycles. The second kappa shape index (κ2) is 9.20. The molecule has 0 bridgehead atoms. The van der Waals surface area contributed by atoms with E-state index in [-0.39, 0.29) is 42.1 Å². The quantitative estimate of drug-likeness (QED) is 0.433. The van der Waals surface area contributed by atoms with Crippen LogP contribution in [0.5, 0.6) is 0 Å². The van der Waals surface area contributed by atoms with Crippen LogP contribution in [0.1, 0.15) is 68.3 Å². The van der Waals surface area contributed by atoms with Crippen molar-refractivity contribution in [3.05, 3.63) is 41.0 Å². The van der Waals surface area contributed by atoms with E-state index < -0.39 is 15.9 Å². The van der Waals surface area contributed by atoms with Crippen molar-refractivity contribution in [2.24, 2.45) is 5.92 Å². The van der Waals surface area contributed by atoms with E-state index >= 15 is 0 Å². The minimum atomic E-state index is -3.59. The predicted molar refractivity (Wildman–Crippen MR) is 135 cm³/mol. The zero-order valence-electron chi connectivity index (χ0n) is 22.2. The van der Waals surface area contributed by atoms with Crippen molar-refractivity contribution >= 4 is 21.6 Å². The summed E-state index contributed by atoms with van der Waals surface area (Å²) in [6, 6.07) is 1.53. The summed E-state index contributed by atoms with van der Waals surface area (Å²) < 4.78 is 42.4. The fourth-order valence-corrected chi connectivity index (χ4v) is 5.50. The topological polar surface area (TPSA) is 122 Å². The van der Waals surface area contributed by atoms with Crippen LogP contribution >= 0.6 is 0 Å². The predicted octanol–water partition coefficient (Wildman–Crippen LogP) is 3.18. The molecule has 1 aliphatic heterocycles. The first-order chi connectivity index (χ1) is 16.6. The number of ketones is 1. The van der Waals surface area contributed by atoms with Crippen LogP contribution in [-0.2, 0) is 29.3 Å². The molecule has 36 heavy (non-hydrogen) atoms. The molecule has 0 aromatic carbocycles. The van der Waals surface area contributed by atoms with E-state index in [1.165, 1.54) is 0 Å². The van der Waals surface area contributed by atoms with Crippen molar-refractivity contribution in [1.29, 1.82) is 0 Å². The third-order valence-electron chi connectivity index (χ3n) is 6.75. The highest BCUT2D eigenvalue weighted by atomic mass is 32.2. The van der Waals surface area contributed by atoms with E-state index in [9.17, 15) is 13.2 Å². The smallest absolute Gasteiger partial charge is 0.264 e. The van der Waals surface area contributed by atoms with Gasteiger partial charge in [0, 0.05) is 35.3 Å². The summed E-state index contributed by atoms with van der Waals surface area (Å²) in [7, 11) is -3.59. The first-order valence-corrected chi connectivity index (χ1v) is 13.9. The molecule has 0 spiro atoms. The van der Waals surface area contributed by atoms with Gasteiger partial charge in [0.25, 0.3) is 10.1 Å². The number of hydrogen-bond acceptors (Lipinski definition) is 9. The lowest BCUT2D eigenvalue weighted by atomic mass is 10.0. The highest BCUT2D eigenvalue weighted by Gasteiger charge is 2.54. The fraction of sp³-hybridized carbons (Fsp3) is 0.640. The summed E-state index contributed by atoms with van der Waals surface area (Å²) in [4.78, 5) is 17.9. The van der Waals surface area contributed by atoms with Crippen LogP contribution in [0.25, 0.3) is 0 Å². The normalized spacial score (nSPS) is 25.7. The molecule has 4 atom stereocenters. The Kier molecular flexibility index (Phi) is 6.83. The van der Waals surface area contributed by atoms with Crippen LogP contribution in [-0.4, -0.2) is 65.9 Å². The molecule has 3 heterocycles. The van der Waals surface area contributed by atoms with Crippen LogP contribution in [0.15, 0.2) is 18.5 Å². The lowest BCUT2D eigenvalue weighted by Gasteiger charge is -2.25. The summed E-state index contributed by atoms with van der Waals surface area (Å²) in [6.07, 6.45) is 4.07. The van der Waals surface area contributed by atoms with Gasteiger partial charge >= 0.3 is 0 Å². The van der Waals surface area contributed by atoms with E-state index in [2.05, 4.69) is 15.4 Å². The summed E-state index contributed by atoms with van der Waals surface area (Å²) in [6.45, 7) is 13.7. The van der Waals surface area contributed by atoms with E-state index in [4.69, 9.17) is 13.7 Å². The van der Waals surface area contributed by atoms with Gasteiger partial charge in [0.1, 0.15) is 11.8 Å². The second-order valence-corrected chi connectivity index (χ2v) is 12.8. The van der Waals surface area contributed by atoms with E-state index in [0.29, 0.717) is 23.4 Å². The molecule has 0 unspecified atom stereocenters. The number of fused-ring (bicyclic) bond motifs is 1. The monoisotopic (exact) mass is 520 g/mol. The van der Waals surface area contributed by atoms with Crippen LogP contribution in [0.3, 0.4) is 0 Å². The lowest BCUT2D eigenvalue weighted by Crippen LogP contribution is -2.35. The number of anilines is 1. The Hall–Kier alpha value is -2.34. The molecule has 11 heteroatoms. The largest absolute Gasteiger partial charge is 0.379 e. The molecule has 2 aromatic heterocycles. The van der Waals surface area contributed by atoms with E-state index in [1.54, 1.807) is 18.5 Å². The molecule has 0 amide bonds. The van der Waals surface area contributed by atoms with Crippen LogP contribution in [0.2, 0.25) is 0 Å². The standard InChI is InChI=1S/C25H36N4O6S/c1-14-15(2)29(24(3,4)5)28-20(14)21(30)17-12-26-10-9-18(17)27-19-11-16(13-33-36(8,31)32)22-23(19)35-25(6,7)34-22/h9-10,12,16,19,22-23H,11,13H2,1-8H3,(H,26,27)/t16-,19-,22-,23+/m1/s1. The summed E-state index contributed by atoms with van der Waals surface area (Å²) in [5.41, 5.74) is 2.92. The van der Waals surface area contributed by atoms with Gasteiger partial charge in [0.2, 0.25) is 5.78 Å². The zero-order chi connectivity index (χ0) is 26.6. The van der Waals surface area contributed by atoms with Gasteiger partial charge in [0.15, 0.2) is 5.79 Å². The number of nitrogens with one attached hydrogen (secondary N) is 1. The van der Waals surface area contributed by atoms with Gasteiger partial charge in [-0.2, -0.15) is 13.5 Å². The highest BCUT2D eigenvalue weighted by molar-refractivity contribution is 7.85. The number of nitrogens with zero attached hydrogens (tertiary/aromatic N) is 3. The average molecular weight is 521 g/mol. The van der Waals surface area contributed by atoms with Gasteiger partial charge in [-0.15, -0.1) is 0 Å². The molecule has 198 valence electrons. The number of pyridine rings is 1. The Morgan fingerprint density at radius 2 is 1.92 bits per heavy atom. The number of carbonyl (C=O) groups excluding carboxylic acids is 1. The molecule has 0 radical (unpaired) electrons. The van der Waals surface area contributed by atoms with E-state index in [1.807, 2.05) is 53.1 Å². The molecule has 1 aliphatic carbocycles. The third kappa shape index (κ3) is 5.34. The van der Waals surface area contributed by atoms with Gasteiger partial charge in [-0.25, -0.2) is 0 Å². The Labute approximate surface area is 212 Å². The maximum absolute atomic E-state index is 13.7. The molecular weight excluding hydrogens is 484 g/mol. The first kappa shape index (κ1) is 26.7. The Morgan fingerprint density at radius 1 is 1.25 bits per heavy atom. The summed E-state index contributed by atoms with van der Waals surface area (Å²) in [5.74, 6) is -1.23. The summed E-state index contributed by atoms with van der Waals surface area (Å²) in [5, 5.41) is 8.12. The maximum atomic E-state index is 13.7. The second-order valence-electron chi connectivity index (χ2n) is 11.2. The van der Waals surface area contributed by atoms with Crippen LogP contribution in [0.4, 0.5) is 5.69 Å². The molecule has 10 nitrogen and oxygen atoms in total. The van der Waals surface area contributed by atoms with Crippen molar-refractivity contribution in [3.63, 3.8) is 0 Å². The van der Waals surface area contributed by atoms with Crippen molar-refractivity contribution in [1.82, 2.24) is 14.8 Å². The SMILES string of the molecule is Cc1c(C(=O)c2cnccc2N[C@@H]2C[C@H](COS(C)(=O)=O)[C@H]3OC(C)(C)O[C@H]32)nn(C(C)(C)C)c1C. The minimum absolute atomic E-state index is 0.00244. The van der Waals surface area contributed by atoms with Gasteiger partial charge in [0.05, 0.1) is 36.1 Å². The van der Waals surface area contributed by atoms with E-state index in [0.717, 1.165) is 17.5 Å². The first-order valence-electron chi connectivity index (χ1n) is 12.1.